The molecule has 0 fully saturated rings. The topological polar surface area (TPSA) is 50.9 Å². The standard InChI is InChI=1S/C15H17F2N3/c1-2-10-3-4-14(19-9-10)8-15(20-18)11-5-12(16)7-13(17)6-11/h3-7,9,15,20H,2,8,18H2,1H3. The number of nitrogens with two attached hydrogens (primary N) is 1. The van der Waals surface area contributed by atoms with E-state index in [1.807, 2.05) is 12.1 Å². The Labute approximate surface area is 116 Å². The van der Waals surface area contributed by atoms with E-state index in [1.54, 1.807) is 6.20 Å². The van der Waals surface area contributed by atoms with Crippen LogP contribution in [0.15, 0.2) is 36.5 Å². The number of aryl methyl sites for hydroxylation is 1. The number of pyridine rings is 1. The Bertz CT molecular complexity index is 550. The van der Waals surface area contributed by atoms with Gasteiger partial charge < -0.3 is 0 Å². The fraction of sp³-hybridized carbons (Fsp3) is 0.267. The molecule has 1 atom stereocenters. The van der Waals surface area contributed by atoms with Crippen LogP contribution >= 0.6 is 0 Å². The fourth-order valence-electron chi connectivity index (χ4n) is 2.04. The molecule has 1 aromatic heterocycles. The van der Waals surface area contributed by atoms with Gasteiger partial charge in [0.2, 0.25) is 0 Å². The second-order valence-electron chi connectivity index (χ2n) is 4.64. The predicted octanol–water partition coefficient (Wildman–Crippen LogP) is 2.67. The number of hydrogen-bond donors (Lipinski definition) is 2. The van der Waals surface area contributed by atoms with Gasteiger partial charge in [-0.2, -0.15) is 0 Å². The van der Waals surface area contributed by atoms with Crippen LogP contribution in [0.1, 0.15) is 29.8 Å². The van der Waals surface area contributed by atoms with Crippen molar-refractivity contribution < 1.29 is 8.78 Å². The van der Waals surface area contributed by atoms with Crippen molar-refractivity contribution in [2.24, 2.45) is 5.84 Å². The summed E-state index contributed by atoms with van der Waals surface area (Å²) >= 11 is 0. The third kappa shape index (κ3) is 3.59. The van der Waals surface area contributed by atoms with Gasteiger partial charge in [0.25, 0.3) is 0 Å². The van der Waals surface area contributed by atoms with Gasteiger partial charge in [-0.1, -0.05) is 13.0 Å². The van der Waals surface area contributed by atoms with Crippen molar-refractivity contribution in [3.63, 3.8) is 0 Å². The quantitative estimate of drug-likeness (QED) is 0.652. The summed E-state index contributed by atoms with van der Waals surface area (Å²) in [4.78, 5) is 4.32. The van der Waals surface area contributed by atoms with Crippen LogP contribution in [0.5, 0.6) is 0 Å². The van der Waals surface area contributed by atoms with E-state index < -0.39 is 11.6 Å². The minimum Gasteiger partial charge on any atom is -0.271 e. The molecule has 0 spiro atoms. The summed E-state index contributed by atoms with van der Waals surface area (Å²) in [5.41, 5.74) is 5.00. The summed E-state index contributed by atoms with van der Waals surface area (Å²) in [6, 6.07) is 6.88. The number of aromatic nitrogens is 1. The maximum atomic E-state index is 13.2. The Balaban J connectivity index is 2.19. The van der Waals surface area contributed by atoms with Crippen LogP contribution in [0.2, 0.25) is 0 Å². The molecule has 5 heteroatoms. The van der Waals surface area contributed by atoms with Crippen molar-refractivity contribution in [2.75, 3.05) is 0 Å². The molecular formula is C15H17F2N3. The van der Waals surface area contributed by atoms with Gasteiger partial charge in [0.1, 0.15) is 11.6 Å². The number of hydrogen-bond acceptors (Lipinski definition) is 3. The molecule has 1 aromatic carbocycles. The molecular weight excluding hydrogens is 260 g/mol. The van der Waals surface area contributed by atoms with E-state index in [2.05, 4.69) is 17.3 Å². The molecule has 0 aliphatic carbocycles. The van der Waals surface area contributed by atoms with E-state index in [0.29, 0.717) is 12.0 Å². The monoisotopic (exact) mass is 277 g/mol. The summed E-state index contributed by atoms with van der Waals surface area (Å²) < 4.78 is 26.5. The first-order valence-corrected chi connectivity index (χ1v) is 6.48. The Morgan fingerprint density at radius 1 is 1.20 bits per heavy atom. The highest BCUT2D eigenvalue weighted by atomic mass is 19.1. The highest BCUT2D eigenvalue weighted by molar-refractivity contribution is 5.24. The van der Waals surface area contributed by atoms with Gasteiger partial charge in [0.15, 0.2) is 0 Å². The van der Waals surface area contributed by atoms with E-state index in [-0.39, 0.29) is 6.04 Å². The number of benzene rings is 1. The molecule has 0 saturated heterocycles. The Morgan fingerprint density at radius 3 is 2.40 bits per heavy atom. The molecule has 0 bridgehead atoms. The van der Waals surface area contributed by atoms with Gasteiger partial charge >= 0.3 is 0 Å². The van der Waals surface area contributed by atoms with Gasteiger partial charge in [-0.05, 0) is 35.7 Å². The van der Waals surface area contributed by atoms with Gasteiger partial charge in [0, 0.05) is 24.4 Å². The fourth-order valence-corrected chi connectivity index (χ4v) is 2.04. The molecule has 0 radical (unpaired) electrons. The van der Waals surface area contributed by atoms with E-state index in [9.17, 15) is 8.78 Å². The van der Waals surface area contributed by atoms with Crippen LogP contribution in [0.3, 0.4) is 0 Å². The van der Waals surface area contributed by atoms with Gasteiger partial charge in [-0.15, -0.1) is 0 Å². The number of hydrazine groups is 1. The summed E-state index contributed by atoms with van der Waals surface area (Å²) in [5.74, 6) is 4.25. The molecule has 3 nitrogen and oxygen atoms in total. The van der Waals surface area contributed by atoms with Crippen molar-refractivity contribution >= 4 is 0 Å². The van der Waals surface area contributed by atoms with Crippen molar-refractivity contribution in [3.8, 4) is 0 Å². The second-order valence-corrected chi connectivity index (χ2v) is 4.64. The first-order valence-electron chi connectivity index (χ1n) is 6.48. The molecule has 20 heavy (non-hydrogen) atoms. The zero-order valence-corrected chi connectivity index (χ0v) is 11.2. The third-order valence-electron chi connectivity index (χ3n) is 3.20. The minimum atomic E-state index is -0.616. The summed E-state index contributed by atoms with van der Waals surface area (Å²) in [5, 5.41) is 0. The highest BCUT2D eigenvalue weighted by Gasteiger charge is 2.13. The minimum absolute atomic E-state index is 0.389. The lowest BCUT2D eigenvalue weighted by Gasteiger charge is -2.16. The maximum absolute atomic E-state index is 13.2. The normalized spacial score (nSPS) is 12.4. The molecule has 3 N–H and O–H groups in total. The van der Waals surface area contributed by atoms with Crippen LogP contribution in [0, 0.1) is 11.6 Å². The largest absolute Gasteiger partial charge is 0.271 e. The summed E-state index contributed by atoms with van der Waals surface area (Å²) in [6.07, 6.45) is 3.18. The zero-order valence-electron chi connectivity index (χ0n) is 11.2. The van der Waals surface area contributed by atoms with Crippen LogP contribution in [-0.2, 0) is 12.8 Å². The number of halogens is 2. The van der Waals surface area contributed by atoms with Gasteiger partial charge in [0.05, 0.1) is 6.04 Å². The first kappa shape index (κ1) is 14.6. The SMILES string of the molecule is CCc1ccc(CC(NN)c2cc(F)cc(F)c2)nc1. The van der Waals surface area contributed by atoms with E-state index in [0.717, 1.165) is 23.7 Å². The molecule has 2 rings (SSSR count). The molecule has 0 amide bonds. The average Bonchev–Trinajstić information content (AvgIpc) is 2.44. The number of nitrogens with zero attached hydrogens (tertiary/aromatic N) is 1. The van der Waals surface area contributed by atoms with Crippen molar-refractivity contribution in [2.45, 2.75) is 25.8 Å². The molecule has 1 unspecified atom stereocenters. The van der Waals surface area contributed by atoms with Crippen LogP contribution in [-0.4, -0.2) is 4.98 Å². The lowest BCUT2D eigenvalue weighted by Crippen LogP contribution is -2.30. The van der Waals surface area contributed by atoms with Gasteiger partial charge in [-0.3, -0.25) is 16.3 Å². The molecule has 106 valence electrons. The lowest BCUT2D eigenvalue weighted by molar-refractivity contribution is 0.526. The van der Waals surface area contributed by atoms with E-state index in [4.69, 9.17) is 5.84 Å². The number of rotatable bonds is 5. The molecule has 0 aliphatic rings. The Kier molecular flexibility index (Phi) is 4.76. The van der Waals surface area contributed by atoms with Crippen LogP contribution < -0.4 is 11.3 Å². The van der Waals surface area contributed by atoms with Crippen molar-refractivity contribution in [1.82, 2.24) is 10.4 Å². The van der Waals surface area contributed by atoms with Crippen molar-refractivity contribution in [1.29, 1.82) is 0 Å². The second kappa shape index (κ2) is 6.54. The van der Waals surface area contributed by atoms with Gasteiger partial charge in [-0.25, -0.2) is 8.78 Å². The molecule has 0 saturated carbocycles. The van der Waals surface area contributed by atoms with Crippen LogP contribution in [0.4, 0.5) is 8.78 Å². The van der Waals surface area contributed by atoms with Crippen LogP contribution in [0.25, 0.3) is 0 Å². The zero-order chi connectivity index (χ0) is 14.5. The molecule has 2 aromatic rings. The lowest BCUT2D eigenvalue weighted by atomic mass is 10.0. The first-order chi connectivity index (χ1) is 9.62. The average molecular weight is 277 g/mol. The molecule has 1 heterocycles. The van der Waals surface area contributed by atoms with E-state index in [1.165, 1.54) is 12.1 Å². The smallest absolute Gasteiger partial charge is 0.126 e. The highest BCUT2D eigenvalue weighted by Crippen LogP contribution is 2.19. The third-order valence-corrected chi connectivity index (χ3v) is 3.20. The Hall–Kier alpha value is -1.85. The Morgan fingerprint density at radius 2 is 1.90 bits per heavy atom. The summed E-state index contributed by atoms with van der Waals surface area (Å²) in [7, 11) is 0. The van der Waals surface area contributed by atoms with Crippen molar-refractivity contribution in [3.05, 3.63) is 65.0 Å². The maximum Gasteiger partial charge on any atom is 0.126 e. The number of nitrogens with one attached hydrogen (secondary N) is 1. The van der Waals surface area contributed by atoms with E-state index >= 15 is 0 Å². The summed E-state index contributed by atoms with van der Waals surface area (Å²) in [6.45, 7) is 2.05. The molecule has 0 aliphatic heterocycles. The predicted molar refractivity (Wildman–Crippen MR) is 73.7 cm³/mol.